The van der Waals surface area contributed by atoms with Gasteiger partial charge in [-0.25, -0.2) is 4.79 Å². The molecule has 3 aromatic carbocycles. The molecule has 3 aromatic rings. The molecule has 0 saturated carbocycles. The monoisotopic (exact) mass is 314 g/mol. The van der Waals surface area contributed by atoms with E-state index in [0.29, 0.717) is 5.75 Å². The van der Waals surface area contributed by atoms with Crippen LogP contribution in [0.3, 0.4) is 0 Å². The summed E-state index contributed by atoms with van der Waals surface area (Å²) in [6, 6.07) is 25.5. The molecule has 0 heterocycles. The number of rotatable bonds is 4. The highest BCUT2D eigenvalue weighted by Gasteiger charge is 2.02. The first-order valence-corrected chi connectivity index (χ1v) is 7.83. The quantitative estimate of drug-likeness (QED) is 0.372. The maximum Gasteiger partial charge on any atom is 0.336 e. The van der Waals surface area contributed by atoms with Crippen molar-refractivity contribution in [3.8, 4) is 16.9 Å². The molecule has 0 amide bonds. The van der Waals surface area contributed by atoms with Gasteiger partial charge in [-0.15, -0.1) is 0 Å². The number of ether oxygens (including phenoxy) is 1. The van der Waals surface area contributed by atoms with Crippen LogP contribution in [0.25, 0.3) is 17.2 Å². The van der Waals surface area contributed by atoms with Gasteiger partial charge in [0, 0.05) is 6.08 Å². The van der Waals surface area contributed by atoms with Crippen LogP contribution in [0.5, 0.6) is 5.75 Å². The van der Waals surface area contributed by atoms with E-state index in [2.05, 4.69) is 0 Å². The Balaban J connectivity index is 1.63. The average molecular weight is 314 g/mol. The molecule has 0 radical (unpaired) electrons. The predicted molar refractivity (Wildman–Crippen MR) is 97.7 cm³/mol. The zero-order valence-electron chi connectivity index (χ0n) is 13.5. The zero-order chi connectivity index (χ0) is 16.8. The van der Waals surface area contributed by atoms with Gasteiger partial charge in [-0.2, -0.15) is 0 Å². The number of esters is 1. The number of carbonyl (C=O) groups is 1. The molecule has 0 N–H and O–H groups in total. The molecule has 2 heteroatoms. The van der Waals surface area contributed by atoms with Gasteiger partial charge in [-0.05, 0) is 41.8 Å². The Morgan fingerprint density at radius 2 is 1.42 bits per heavy atom. The van der Waals surface area contributed by atoms with Gasteiger partial charge in [0.25, 0.3) is 0 Å². The minimum atomic E-state index is -0.386. The largest absolute Gasteiger partial charge is 0.423 e. The Kier molecular flexibility index (Phi) is 4.87. The fourth-order valence-electron chi connectivity index (χ4n) is 2.34. The van der Waals surface area contributed by atoms with Gasteiger partial charge in [-0.3, -0.25) is 0 Å². The highest BCUT2D eigenvalue weighted by atomic mass is 16.5. The standard InChI is InChI=1S/C22H18O2/c1-17-7-9-18(10-8-17)11-16-22(23)24-21-14-12-20(13-15-21)19-5-3-2-4-6-19/h2-16H,1H3. The van der Waals surface area contributed by atoms with Gasteiger partial charge < -0.3 is 4.74 Å². The summed E-state index contributed by atoms with van der Waals surface area (Å²) in [6.07, 6.45) is 3.19. The minimum absolute atomic E-state index is 0.386. The van der Waals surface area contributed by atoms with Crippen LogP contribution in [0.15, 0.2) is 84.9 Å². The summed E-state index contributed by atoms with van der Waals surface area (Å²) in [6.45, 7) is 2.03. The lowest BCUT2D eigenvalue weighted by Gasteiger charge is -2.04. The van der Waals surface area contributed by atoms with Crippen LogP contribution < -0.4 is 4.74 Å². The summed E-state index contributed by atoms with van der Waals surface area (Å²) < 4.78 is 5.32. The molecular weight excluding hydrogens is 296 g/mol. The number of hydrogen-bond donors (Lipinski definition) is 0. The first-order chi connectivity index (χ1) is 11.7. The van der Waals surface area contributed by atoms with Crippen molar-refractivity contribution in [1.82, 2.24) is 0 Å². The highest BCUT2D eigenvalue weighted by Crippen LogP contribution is 2.22. The van der Waals surface area contributed by atoms with Crippen LogP contribution >= 0.6 is 0 Å². The van der Waals surface area contributed by atoms with E-state index in [1.165, 1.54) is 11.6 Å². The molecule has 24 heavy (non-hydrogen) atoms. The van der Waals surface area contributed by atoms with Crippen LogP contribution in [0.4, 0.5) is 0 Å². The summed E-state index contributed by atoms with van der Waals surface area (Å²) in [5, 5.41) is 0. The van der Waals surface area contributed by atoms with Crippen molar-refractivity contribution in [3.63, 3.8) is 0 Å². The molecule has 118 valence electrons. The van der Waals surface area contributed by atoms with Crippen LogP contribution in [0.1, 0.15) is 11.1 Å². The van der Waals surface area contributed by atoms with E-state index in [9.17, 15) is 4.79 Å². The minimum Gasteiger partial charge on any atom is -0.423 e. The highest BCUT2D eigenvalue weighted by molar-refractivity contribution is 5.88. The maximum atomic E-state index is 11.9. The first-order valence-electron chi connectivity index (χ1n) is 7.83. The normalized spacial score (nSPS) is 10.7. The van der Waals surface area contributed by atoms with Crippen molar-refractivity contribution in [1.29, 1.82) is 0 Å². The van der Waals surface area contributed by atoms with Gasteiger partial charge in [0.1, 0.15) is 5.75 Å². The van der Waals surface area contributed by atoms with Crippen molar-refractivity contribution in [2.75, 3.05) is 0 Å². The van der Waals surface area contributed by atoms with E-state index in [1.54, 1.807) is 18.2 Å². The first kappa shape index (κ1) is 15.8. The topological polar surface area (TPSA) is 26.3 Å². The predicted octanol–water partition coefficient (Wildman–Crippen LogP) is 5.28. The molecule has 0 fully saturated rings. The lowest BCUT2D eigenvalue weighted by molar-refractivity contribution is -0.128. The lowest BCUT2D eigenvalue weighted by Crippen LogP contribution is -2.03. The summed E-state index contributed by atoms with van der Waals surface area (Å²) in [7, 11) is 0. The van der Waals surface area contributed by atoms with E-state index in [0.717, 1.165) is 16.7 Å². The summed E-state index contributed by atoms with van der Waals surface area (Å²) in [5.41, 5.74) is 4.38. The maximum absolute atomic E-state index is 11.9. The van der Waals surface area contributed by atoms with E-state index in [1.807, 2.05) is 73.7 Å². The van der Waals surface area contributed by atoms with Crippen molar-refractivity contribution in [2.24, 2.45) is 0 Å². The summed E-state index contributed by atoms with van der Waals surface area (Å²) in [5.74, 6) is 0.149. The third-order valence-corrected chi connectivity index (χ3v) is 3.67. The second-order valence-corrected chi connectivity index (χ2v) is 5.56. The summed E-state index contributed by atoms with van der Waals surface area (Å²) in [4.78, 5) is 11.9. The van der Waals surface area contributed by atoms with E-state index >= 15 is 0 Å². The van der Waals surface area contributed by atoms with Gasteiger partial charge in [0.15, 0.2) is 0 Å². The molecule has 0 unspecified atom stereocenters. The second kappa shape index (κ2) is 7.42. The number of benzene rings is 3. The lowest BCUT2D eigenvalue weighted by atomic mass is 10.1. The molecule has 0 bridgehead atoms. The molecule has 0 aliphatic heterocycles. The fourth-order valence-corrected chi connectivity index (χ4v) is 2.34. The molecule has 0 atom stereocenters. The fraction of sp³-hybridized carbons (Fsp3) is 0.0455. The van der Waals surface area contributed by atoms with Gasteiger partial charge in [0.2, 0.25) is 0 Å². The molecule has 0 saturated heterocycles. The van der Waals surface area contributed by atoms with Crippen molar-refractivity contribution in [3.05, 3.63) is 96.1 Å². The number of carbonyl (C=O) groups excluding carboxylic acids is 1. The third-order valence-electron chi connectivity index (χ3n) is 3.67. The van der Waals surface area contributed by atoms with Crippen molar-refractivity contribution >= 4 is 12.0 Å². The van der Waals surface area contributed by atoms with Crippen LogP contribution in [-0.2, 0) is 4.79 Å². The molecule has 3 rings (SSSR count). The van der Waals surface area contributed by atoms with Crippen molar-refractivity contribution < 1.29 is 9.53 Å². The molecule has 0 aromatic heterocycles. The Morgan fingerprint density at radius 3 is 2.08 bits per heavy atom. The van der Waals surface area contributed by atoms with Crippen LogP contribution in [0, 0.1) is 6.92 Å². The number of hydrogen-bond acceptors (Lipinski definition) is 2. The molecule has 2 nitrogen and oxygen atoms in total. The smallest absolute Gasteiger partial charge is 0.336 e. The summed E-state index contributed by atoms with van der Waals surface area (Å²) >= 11 is 0. The Hall–Kier alpha value is -3.13. The Labute approximate surface area is 142 Å². The van der Waals surface area contributed by atoms with E-state index < -0.39 is 0 Å². The molecule has 0 aliphatic carbocycles. The van der Waals surface area contributed by atoms with E-state index in [4.69, 9.17) is 4.74 Å². The third kappa shape index (κ3) is 4.20. The van der Waals surface area contributed by atoms with Crippen molar-refractivity contribution in [2.45, 2.75) is 6.92 Å². The number of aryl methyl sites for hydroxylation is 1. The molecule has 0 aliphatic rings. The van der Waals surface area contributed by atoms with Crippen LogP contribution in [-0.4, -0.2) is 5.97 Å². The van der Waals surface area contributed by atoms with Gasteiger partial charge in [-0.1, -0.05) is 72.3 Å². The van der Waals surface area contributed by atoms with Gasteiger partial charge in [0.05, 0.1) is 0 Å². The molecular formula is C22H18O2. The Bertz CT molecular complexity index is 829. The van der Waals surface area contributed by atoms with Gasteiger partial charge >= 0.3 is 5.97 Å². The second-order valence-electron chi connectivity index (χ2n) is 5.56. The Morgan fingerprint density at radius 1 is 0.792 bits per heavy atom. The zero-order valence-corrected chi connectivity index (χ0v) is 13.5. The molecule has 0 spiro atoms. The van der Waals surface area contributed by atoms with Crippen LogP contribution in [0.2, 0.25) is 0 Å². The average Bonchev–Trinajstić information content (AvgIpc) is 2.63. The SMILES string of the molecule is Cc1ccc(C=CC(=O)Oc2ccc(-c3ccccc3)cc2)cc1. The van der Waals surface area contributed by atoms with E-state index in [-0.39, 0.29) is 5.97 Å².